The summed E-state index contributed by atoms with van der Waals surface area (Å²) in [6.45, 7) is 7.07. The maximum absolute atomic E-state index is 15.0. The molecular weight excluding hydrogens is 489 g/mol. The van der Waals surface area contributed by atoms with Crippen LogP contribution in [0.2, 0.25) is 0 Å². The number of rotatable bonds is 6. The predicted octanol–water partition coefficient (Wildman–Crippen LogP) is 2.35. The van der Waals surface area contributed by atoms with Crippen LogP contribution in [0.1, 0.15) is 66.8 Å². The van der Waals surface area contributed by atoms with E-state index in [-0.39, 0.29) is 35.3 Å². The Balaban J connectivity index is 1.54. The second kappa shape index (κ2) is 9.29. The van der Waals surface area contributed by atoms with Gasteiger partial charge in [0, 0.05) is 25.7 Å². The van der Waals surface area contributed by atoms with E-state index >= 15 is 0 Å². The normalized spacial score (nSPS) is 19.3. The van der Waals surface area contributed by atoms with Gasteiger partial charge in [0.15, 0.2) is 5.69 Å². The highest BCUT2D eigenvalue weighted by Gasteiger charge is 2.44. The highest BCUT2D eigenvalue weighted by molar-refractivity contribution is 6.00. The number of likely N-dealkylation sites (tertiary alicyclic amines) is 1. The van der Waals surface area contributed by atoms with Gasteiger partial charge in [0.05, 0.1) is 40.6 Å². The number of anilines is 1. The fourth-order valence-corrected chi connectivity index (χ4v) is 5.19. The molecule has 0 unspecified atom stereocenters. The lowest BCUT2D eigenvalue weighted by Crippen LogP contribution is -2.47. The molecule has 10 nitrogen and oxygen atoms in total. The summed E-state index contributed by atoms with van der Waals surface area (Å²) in [7, 11) is 1.62. The second-order valence-corrected chi connectivity index (χ2v) is 10.3. The molecule has 1 aliphatic heterocycles. The fraction of sp³-hybridized carbons (Fsp3) is 0.407. The Kier molecular flexibility index (Phi) is 6.23. The number of fused-ring (bicyclic) bond motifs is 1. The molecule has 1 aliphatic carbocycles. The lowest BCUT2D eigenvalue weighted by molar-refractivity contribution is -0.131. The van der Waals surface area contributed by atoms with Crippen LogP contribution in [0.15, 0.2) is 31.1 Å². The number of aromatic nitrogens is 4. The zero-order valence-corrected chi connectivity index (χ0v) is 21.5. The number of imidazole rings is 1. The van der Waals surface area contributed by atoms with Crippen LogP contribution in [0.4, 0.5) is 10.2 Å². The molecule has 3 heterocycles. The molecular formula is C27H30FN7O3. The average Bonchev–Trinajstić information content (AvgIpc) is 3.30. The van der Waals surface area contributed by atoms with Gasteiger partial charge in [0.2, 0.25) is 5.91 Å². The van der Waals surface area contributed by atoms with Crippen molar-refractivity contribution in [2.75, 3.05) is 18.9 Å². The Bertz CT molecular complexity index is 1520. The monoisotopic (exact) mass is 519 g/mol. The molecule has 2 atom stereocenters. The third-order valence-corrected chi connectivity index (χ3v) is 7.21. The van der Waals surface area contributed by atoms with Gasteiger partial charge in [-0.2, -0.15) is 5.10 Å². The van der Waals surface area contributed by atoms with E-state index in [1.807, 2.05) is 4.57 Å². The van der Waals surface area contributed by atoms with Crippen molar-refractivity contribution in [2.24, 2.45) is 5.73 Å². The van der Waals surface area contributed by atoms with Gasteiger partial charge in [-0.05, 0) is 51.2 Å². The highest BCUT2D eigenvalue weighted by atomic mass is 19.1. The summed E-state index contributed by atoms with van der Waals surface area (Å²) in [5.41, 5.74) is 6.14. The number of hydrogen-bond donors (Lipinski definition) is 3. The van der Waals surface area contributed by atoms with Gasteiger partial charge in [-0.25, -0.2) is 14.1 Å². The van der Waals surface area contributed by atoms with Gasteiger partial charge in [0.25, 0.3) is 5.91 Å². The summed E-state index contributed by atoms with van der Waals surface area (Å²) >= 11 is 0. The minimum Gasteiger partial charge on any atom is -0.388 e. The van der Waals surface area contributed by atoms with Gasteiger partial charge in [-0.15, -0.1) is 0 Å². The quantitative estimate of drug-likeness (QED) is 0.339. The molecule has 5 rings (SSSR count). The number of benzene rings is 1. The number of hydrogen-bond acceptors (Lipinski definition) is 6. The van der Waals surface area contributed by atoms with Crippen molar-refractivity contribution >= 4 is 28.7 Å². The smallest absolute Gasteiger partial charge is 0.255 e. The number of amides is 2. The summed E-state index contributed by atoms with van der Waals surface area (Å²) in [4.78, 5) is 30.9. The number of nitrogens with zero attached hydrogens (tertiary/aromatic N) is 5. The molecule has 1 aromatic carbocycles. The number of nitrogens with two attached hydrogens (primary N) is 1. The molecule has 1 saturated carbocycles. The number of nitrogens with one attached hydrogen (secondary N) is 1. The Hall–Kier alpha value is -4.17. The van der Waals surface area contributed by atoms with E-state index in [1.54, 1.807) is 42.9 Å². The first-order valence-corrected chi connectivity index (χ1v) is 12.5. The van der Waals surface area contributed by atoms with Gasteiger partial charge >= 0.3 is 0 Å². The van der Waals surface area contributed by atoms with E-state index < -0.39 is 23.4 Å². The van der Waals surface area contributed by atoms with Crippen LogP contribution in [-0.4, -0.2) is 66.4 Å². The fourth-order valence-electron chi connectivity index (χ4n) is 5.19. The van der Waals surface area contributed by atoms with E-state index in [4.69, 9.17) is 5.73 Å². The summed E-state index contributed by atoms with van der Waals surface area (Å²) in [6, 6.07) is 2.49. The molecule has 2 fully saturated rings. The summed E-state index contributed by atoms with van der Waals surface area (Å²) in [5, 5.41) is 18.2. The first-order chi connectivity index (χ1) is 18.0. The lowest BCUT2D eigenvalue weighted by Gasteiger charge is -2.32. The Labute approximate surface area is 219 Å². The zero-order chi connectivity index (χ0) is 27.4. The number of carbonyl (C=O) groups is 2. The summed E-state index contributed by atoms with van der Waals surface area (Å²) in [6.07, 6.45) is 5.40. The molecule has 2 aromatic heterocycles. The standard InChI is InChI=1S/C27H30FN7O3/c1-5-23(36)33-13-17(11-22(33)27(2,3)38)35-26(30-4)24(25(29)37)19(32-35)9-6-15-10-20-21(12-18(15)28)34(14-31-20)16-7-8-16/h5,10,12,14,16-17,22,30,38H,1,7-8,11,13H2,2-4H3,(H2,29,37)/t17-,22+/m0/s1. The van der Waals surface area contributed by atoms with Crippen LogP contribution in [0, 0.1) is 17.7 Å². The molecule has 3 aromatic rings. The first-order valence-electron chi connectivity index (χ1n) is 12.5. The van der Waals surface area contributed by atoms with Gasteiger partial charge in [0.1, 0.15) is 17.2 Å². The summed E-state index contributed by atoms with van der Waals surface area (Å²) in [5.74, 6) is 4.38. The number of primary amides is 1. The van der Waals surface area contributed by atoms with Gasteiger partial charge in [-0.1, -0.05) is 12.5 Å². The van der Waals surface area contributed by atoms with E-state index in [0.717, 1.165) is 18.4 Å². The van der Waals surface area contributed by atoms with Crippen LogP contribution in [0.5, 0.6) is 0 Å². The summed E-state index contributed by atoms with van der Waals surface area (Å²) < 4.78 is 18.5. The van der Waals surface area contributed by atoms with Crippen molar-refractivity contribution in [3.63, 3.8) is 0 Å². The zero-order valence-electron chi connectivity index (χ0n) is 21.5. The molecule has 38 heavy (non-hydrogen) atoms. The van der Waals surface area contributed by atoms with E-state index in [9.17, 15) is 19.1 Å². The molecule has 0 radical (unpaired) electrons. The van der Waals surface area contributed by atoms with Crippen LogP contribution in [0.3, 0.4) is 0 Å². The topological polar surface area (TPSA) is 131 Å². The van der Waals surface area contributed by atoms with Crippen molar-refractivity contribution in [3.05, 3.63) is 53.8 Å². The second-order valence-electron chi connectivity index (χ2n) is 10.3. The molecule has 0 spiro atoms. The molecule has 4 N–H and O–H groups in total. The van der Waals surface area contributed by atoms with E-state index in [0.29, 0.717) is 23.8 Å². The number of aliphatic hydroxyl groups is 1. The van der Waals surface area contributed by atoms with Crippen LogP contribution >= 0.6 is 0 Å². The first kappa shape index (κ1) is 25.5. The third-order valence-electron chi connectivity index (χ3n) is 7.21. The lowest BCUT2D eigenvalue weighted by atomic mass is 9.95. The molecule has 2 amide bonds. The maximum Gasteiger partial charge on any atom is 0.255 e. The van der Waals surface area contributed by atoms with E-state index in [2.05, 4.69) is 33.8 Å². The predicted molar refractivity (Wildman–Crippen MR) is 140 cm³/mol. The van der Waals surface area contributed by atoms with Crippen molar-refractivity contribution in [1.29, 1.82) is 0 Å². The highest BCUT2D eigenvalue weighted by Crippen LogP contribution is 2.38. The number of halogens is 1. The van der Waals surface area contributed by atoms with Crippen molar-refractivity contribution < 1.29 is 19.1 Å². The third kappa shape index (κ3) is 4.41. The Morgan fingerprint density at radius 1 is 1.29 bits per heavy atom. The Morgan fingerprint density at radius 2 is 2.03 bits per heavy atom. The van der Waals surface area contributed by atoms with Gasteiger partial charge < -0.3 is 25.6 Å². The van der Waals surface area contributed by atoms with E-state index in [1.165, 1.54) is 12.1 Å². The van der Waals surface area contributed by atoms with Crippen LogP contribution in [0.25, 0.3) is 11.0 Å². The largest absolute Gasteiger partial charge is 0.388 e. The van der Waals surface area contributed by atoms with Crippen molar-refractivity contribution in [2.45, 2.75) is 56.8 Å². The minimum absolute atomic E-state index is 0.0628. The minimum atomic E-state index is -1.18. The SMILES string of the molecule is C=CC(=O)N1C[C@@H](n2nc(C#Cc3cc4ncn(C5CC5)c4cc3F)c(C(N)=O)c2NC)C[C@@H]1C(C)(C)O. The van der Waals surface area contributed by atoms with Crippen LogP contribution in [-0.2, 0) is 4.79 Å². The Morgan fingerprint density at radius 3 is 2.63 bits per heavy atom. The molecule has 0 bridgehead atoms. The molecule has 2 aliphatic rings. The average molecular weight is 520 g/mol. The van der Waals surface area contributed by atoms with Crippen molar-refractivity contribution in [1.82, 2.24) is 24.2 Å². The number of carbonyl (C=O) groups excluding carboxylic acids is 2. The molecule has 11 heteroatoms. The van der Waals surface area contributed by atoms with Crippen molar-refractivity contribution in [3.8, 4) is 11.8 Å². The molecule has 1 saturated heterocycles. The van der Waals surface area contributed by atoms with Crippen LogP contribution < -0.4 is 11.1 Å². The molecule has 198 valence electrons. The maximum atomic E-state index is 15.0. The van der Waals surface area contributed by atoms with Gasteiger partial charge in [-0.3, -0.25) is 9.59 Å².